The predicted molar refractivity (Wildman–Crippen MR) is 129 cm³/mol. The number of methoxy groups -OCH3 is 3. The van der Waals surface area contributed by atoms with Crippen LogP contribution in [-0.4, -0.2) is 83.4 Å². The fourth-order valence-electron chi connectivity index (χ4n) is 5.31. The Morgan fingerprint density at radius 3 is 2.31 bits per heavy atom. The molecule has 1 aliphatic carbocycles. The maximum absolute atomic E-state index is 12.8. The molecule has 11 heteroatoms. The van der Waals surface area contributed by atoms with Gasteiger partial charge in [0.25, 0.3) is 5.91 Å². The molecule has 36 heavy (non-hydrogen) atoms. The summed E-state index contributed by atoms with van der Waals surface area (Å²) in [4.78, 5) is 17.0. The second-order valence-electron chi connectivity index (χ2n) is 9.09. The molecule has 3 aromatic rings. The number of ether oxygens (including phenoxy) is 3. The molecule has 1 amide bonds. The van der Waals surface area contributed by atoms with Gasteiger partial charge in [-0.25, -0.2) is 4.68 Å². The molecule has 1 aliphatic heterocycles. The molecule has 0 N–H and O–H groups in total. The Morgan fingerprint density at radius 1 is 1.03 bits per heavy atom. The molecule has 2 fully saturated rings. The number of hydrogen-bond acceptors (Lipinski definition) is 9. The zero-order valence-corrected chi connectivity index (χ0v) is 20.9. The first-order chi connectivity index (χ1) is 17.6. The highest BCUT2D eigenvalue weighted by Gasteiger charge is 2.35. The van der Waals surface area contributed by atoms with Crippen molar-refractivity contribution in [1.29, 1.82) is 0 Å². The quantitative estimate of drug-likeness (QED) is 0.465. The van der Waals surface area contributed by atoms with Crippen LogP contribution >= 0.6 is 0 Å². The molecule has 2 aromatic heterocycles. The number of carbonyl (C=O) groups is 1. The monoisotopic (exact) mass is 496 g/mol. The van der Waals surface area contributed by atoms with Gasteiger partial charge in [-0.1, -0.05) is 12.8 Å². The normalized spacial score (nSPS) is 17.8. The minimum atomic E-state index is -0.254. The maximum Gasteiger partial charge on any atom is 0.289 e. The van der Waals surface area contributed by atoms with Gasteiger partial charge in [-0.3, -0.25) is 9.69 Å². The molecule has 1 saturated heterocycles. The predicted octanol–water partition coefficient (Wildman–Crippen LogP) is 2.95. The van der Waals surface area contributed by atoms with E-state index in [1.54, 1.807) is 33.5 Å². The standard InChI is InChI=1S/C25H32N6O5/c1-33-20-15-17(16-21(34-2)23(20)35-3)22(24-26-27-28-31(24)18-7-4-5-8-18)29-10-12-30(13-11-29)25(32)19-9-6-14-36-19/h6,9,14-16,18,22H,4-5,7-8,10-13H2,1-3H3/t22-/m0/s1. The topological polar surface area (TPSA) is 108 Å². The second kappa shape index (κ2) is 10.6. The molecule has 1 atom stereocenters. The van der Waals surface area contributed by atoms with Gasteiger partial charge in [-0.2, -0.15) is 0 Å². The van der Waals surface area contributed by atoms with Crippen LogP contribution in [0.25, 0.3) is 0 Å². The highest BCUT2D eigenvalue weighted by molar-refractivity contribution is 5.91. The van der Waals surface area contributed by atoms with Crippen LogP contribution in [0, 0.1) is 0 Å². The average molecular weight is 497 g/mol. The first kappa shape index (κ1) is 24.1. The van der Waals surface area contributed by atoms with E-state index in [0.717, 1.165) is 24.2 Å². The number of piperazine rings is 1. The third-order valence-electron chi connectivity index (χ3n) is 7.13. The summed E-state index contributed by atoms with van der Waals surface area (Å²) in [5.41, 5.74) is 0.935. The summed E-state index contributed by atoms with van der Waals surface area (Å²) in [5, 5.41) is 13.0. The zero-order valence-electron chi connectivity index (χ0n) is 20.9. The Hall–Kier alpha value is -3.60. The lowest BCUT2D eigenvalue weighted by molar-refractivity contribution is 0.0558. The van der Waals surface area contributed by atoms with E-state index in [0.29, 0.717) is 49.2 Å². The molecule has 0 radical (unpaired) electrons. The van der Waals surface area contributed by atoms with Crippen molar-refractivity contribution >= 4 is 5.91 Å². The van der Waals surface area contributed by atoms with Crippen LogP contribution < -0.4 is 14.2 Å². The van der Waals surface area contributed by atoms with Gasteiger partial charge in [0, 0.05) is 26.2 Å². The van der Waals surface area contributed by atoms with Gasteiger partial charge >= 0.3 is 0 Å². The Morgan fingerprint density at radius 2 is 1.72 bits per heavy atom. The minimum absolute atomic E-state index is 0.0974. The summed E-state index contributed by atoms with van der Waals surface area (Å²) in [6.07, 6.45) is 5.99. The van der Waals surface area contributed by atoms with Crippen LogP contribution in [0.5, 0.6) is 17.2 Å². The van der Waals surface area contributed by atoms with Crippen LogP contribution in [-0.2, 0) is 0 Å². The van der Waals surface area contributed by atoms with E-state index in [-0.39, 0.29) is 18.0 Å². The van der Waals surface area contributed by atoms with Gasteiger partial charge in [-0.15, -0.1) is 5.10 Å². The van der Waals surface area contributed by atoms with Crippen molar-refractivity contribution in [2.45, 2.75) is 37.8 Å². The summed E-state index contributed by atoms with van der Waals surface area (Å²) in [6.45, 7) is 2.41. The third-order valence-corrected chi connectivity index (χ3v) is 7.13. The third kappa shape index (κ3) is 4.50. The Balaban J connectivity index is 1.50. The molecule has 192 valence electrons. The first-order valence-corrected chi connectivity index (χ1v) is 12.3. The van der Waals surface area contributed by atoms with Crippen molar-refractivity contribution in [3.63, 3.8) is 0 Å². The summed E-state index contributed by atoms with van der Waals surface area (Å²) < 4.78 is 24.2. The van der Waals surface area contributed by atoms with E-state index in [9.17, 15) is 4.79 Å². The van der Waals surface area contributed by atoms with Gasteiger partial charge in [0.1, 0.15) is 0 Å². The molecule has 0 bridgehead atoms. The fraction of sp³-hybridized carbons (Fsp3) is 0.520. The average Bonchev–Trinajstić information content (AvgIpc) is 3.71. The molecule has 0 spiro atoms. The molecule has 1 saturated carbocycles. The number of tetrazole rings is 1. The summed E-state index contributed by atoms with van der Waals surface area (Å²) in [7, 11) is 4.81. The molecular weight excluding hydrogens is 464 g/mol. The van der Waals surface area contributed by atoms with Crippen molar-refractivity contribution in [1.82, 2.24) is 30.0 Å². The van der Waals surface area contributed by atoms with Gasteiger partial charge in [0.2, 0.25) is 5.75 Å². The number of hydrogen-bond donors (Lipinski definition) is 0. The van der Waals surface area contributed by atoms with Crippen LogP contribution in [0.3, 0.4) is 0 Å². The lowest BCUT2D eigenvalue weighted by Gasteiger charge is -2.39. The number of amides is 1. The molecule has 3 heterocycles. The summed E-state index contributed by atoms with van der Waals surface area (Å²) in [6, 6.07) is 7.37. The van der Waals surface area contributed by atoms with Crippen LogP contribution in [0.4, 0.5) is 0 Å². The molecule has 5 rings (SSSR count). The molecule has 11 nitrogen and oxygen atoms in total. The van der Waals surface area contributed by atoms with Crippen LogP contribution in [0.2, 0.25) is 0 Å². The fourth-order valence-corrected chi connectivity index (χ4v) is 5.31. The van der Waals surface area contributed by atoms with Crippen molar-refractivity contribution in [3.8, 4) is 17.2 Å². The number of furan rings is 1. The number of aromatic nitrogens is 4. The maximum atomic E-state index is 12.8. The minimum Gasteiger partial charge on any atom is -0.493 e. The Labute approximate surface area is 209 Å². The largest absolute Gasteiger partial charge is 0.493 e. The second-order valence-corrected chi connectivity index (χ2v) is 9.09. The summed E-state index contributed by atoms with van der Waals surface area (Å²) >= 11 is 0. The van der Waals surface area contributed by atoms with Crippen molar-refractivity contribution < 1.29 is 23.4 Å². The van der Waals surface area contributed by atoms with Gasteiger partial charge in [-0.05, 0) is 53.1 Å². The number of benzene rings is 1. The molecular formula is C25H32N6O5. The van der Waals surface area contributed by atoms with E-state index in [1.807, 2.05) is 21.7 Å². The highest BCUT2D eigenvalue weighted by atomic mass is 16.5. The number of nitrogens with zero attached hydrogens (tertiary/aromatic N) is 6. The van der Waals surface area contributed by atoms with Gasteiger partial charge in [0.15, 0.2) is 23.1 Å². The number of carbonyl (C=O) groups excluding carboxylic acids is 1. The van der Waals surface area contributed by atoms with Crippen LogP contribution in [0.1, 0.15) is 59.7 Å². The van der Waals surface area contributed by atoms with Crippen molar-refractivity contribution in [2.75, 3.05) is 47.5 Å². The molecule has 1 aromatic carbocycles. The van der Waals surface area contributed by atoms with Gasteiger partial charge in [0.05, 0.1) is 39.7 Å². The lowest BCUT2D eigenvalue weighted by Crippen LogP contribution is -2.50. The summed E-state index contributed by atoms with van der Waals surface area (Å²) in [5.74, 6) is 2.72. The van der Waals surface area contributed by atoms with E-state index in [1.165, 1.54) is 19.1 Å². The van der Waals surface area contributed by atoms with E-state index in [2.05, 4.69) is 20.4 Å². The SMILES string of the molecule is COc1cc([C@@H](c2nnnn2C2CCCC2)N2CCN(C(=O)c3ccco3)CC2)cc(OC)c1OC. The van der Waals surface area contributed by atoms with E-state index >= 15 is 0 Å². The smallest absolute Gasteiger partial charge is 0.289 e. The van der Waals surface area contributed by atoms with Crippen LogP contribution in [0.15, 0.2) is 34.9 Å². The number of rotatable bonds is 8. The zero-order chi connectivity index (χ0) is 25.1. The van der Waals surface area contributed by atoms with E-state index < -0.39 is 0 Å². The van der Waals surface area contributed by atoms with Crippen molar-refractivity contribution in [3.05, 3.63) is 47.7 Å². The molecule has 0 unspecified atom stereocenters. The Kier molecular flexibility index (Phi) is 7.08. The van der Waals surface area contributed by atoms with Gasteiger partial charge < -0.3 is 23.5 Å². The first-order valence-electron chi connectivity index (χ1n) is 12.3. The van der Waals surface area contributed by atoms with Crippen molar-refractivity contribution in [2.24, 2.45) is 0 Å². The molecule has 2 aliphatic rings. The lowest BCUT2D eigenvalue weighted by atomic mass is 10.0. The van der Waals surface area contributed by atoms with E-state index in [4.69, 9.17) is 18.6 Å². The highest BCUT2D eigenvalue weighted by Crippen LogP contribution is 2.43. The Bertz CT molecular complexity index is 1140.